The van der Waals surface area contributed by atoms with E-state index in [1.54, 1.807) is 19.2 Å². The van der Waals surface area contributed by atoms with Gasteiger partial charge in [0, 0.05) is 16.9 Å². The van der Waals surface area contributed by atoms with E-state index in [9.17, 15) is 4.79 Å². The second kappa shape index (κ2) is 10.9. The third-order valence-electron chi connectivity index (χ3n) is 6.14. The third-order valence-corrected chi connectivity index (χ3v) is 7.40. The molecule has 2 aliphatic rings. The number of thioether (sulfide) groups is 1. The van der Waals surface area contributed by atoms with E-state index >= 15 is 0 Å². The van der Waals surface area contributed by atoms with Crippen molar-refractivity contribution in [2.24, 2.45) is 0 Å². The van der Waals surface area contributed by atoms with Crippen LogP contribution in [0, 0.1) is 0 Å². The van der Waals surface area contributed by atoms with E-state index < -0.39 is 0 Å². The Bertz CT molecular complexity index is 893. The van der Waals surface area contributed by atoms with Crippen LogP contribution < -0.4 is 9.47 Å². The van der Waals surface area contributed by atoms with Crippen LogP contribution >= 0.6 is 11.8 Å². The molecule has 2 aromatic carbocycles. The number of carbonyl (C=O) groups is 1. The Morgan fingerprint density at radius 3 is 2.61 bits per heavy atom. The standard InChI is InChI=1S/C26H31NO3S/c1-29-24-19-21(12-13-23(24)30-26(28)20-9-4-2-5-10-20)22(25-11-8-18-31-25)14-17-27-15-6-3-7-16-27/h2,4-5,8-13,19,22,25H,3,6-7,14-18H2,1H3. The monoisotopic (exact) mass is 437 g/mol. The van der Waals surface area contributed by atoms with Gasteiger partial charge in [-0.1, -0.05) is 42.8 Å². The molecule has 0 saturated carbocycles. The molecule has 2 atom stereocenters. The van der Waals surface area contributed by atoms with Gasteiger partial charge in [-0.15, -0.1) is 11.8 Å². The summed E-state index contributed by atoms with van der Waals surface area (Å²) in [5.74, 6) is 2.19. The summed E-state index contributed by atoms with van der Waals surface area (Å²) in [6.07, 6.45) is 9.74. The van der Waals surface area contributed by atoms with Gasteiger partial charge in [0.25, 0.3) is 0 Å². The summed E-state index contributed by atoms with van der Waals surface area (Å²) >= 11 is 2.00. The quantitative estimate of drug-likeness (QED) is 0.308. The number of likely N-dealkylation sites (tertiary alicyclic amines) is 1. The second-order valence-electron chi connectivity index (χ2n) is 8.19. The average molecular weight is 438 g/mol. The molecule has 0 radical (unpaired) electrons. The van der Waals surface area contributed by atoms with Gasteiger partial charge in [-0.3, -0.25) is 0 Å². The van der Waals surface area contributed by atoms with E-state index in [4.69, 9.17) is 9.47 Å². The molecule has 0 spiro atoms. The summed E-state index contributed by atoms with van der Waals surface area (Å²) in [6.45, 7) is 3.57. The van der Waals surface area contributed by atoms with Gasteiger partial charge in [0.2, 0.25) is 0 Å². The lowest BCUT2D eigenvalue weighted by Crippen LogP contribution is -2.32. The highest BCUT2D eigenvalue weighted by Crippen LogP contribution is 2.39. The van der Waals surface area contributed by atoms with Crippen molar-refractivity contribution in [2.75, 3.05) is 32.5 Å². The van der Waals surface area contributed by atoms with Crippen molar-refractivity contribution >= 4 is 17.7 Å². The number of nitrogens with zero attached hydrogens (tertiary/aromatic N) is 1. The molecule has 0 amide bonds. The molecule has 0 aliphatic carbocycles. The molecule has 2 aliphatic heterocycles. The summed E-state index contributed by atoms with van der Waals surface area (Å²) in [5.41, 5.74) is 1.78. The molecule has 2 unspecified atom stereocenters. The first kappa shape index (κ1) is 22.0. The Morgan fingerprint density at radius 2 is 1.90 bits per heavy atom. The maximum absolute atomic E-state index is 12.5. The fraction of sp³-hybridized carbons (Fsp3) is 0.423. The minimum atomic E-state index is -0.373. The van der Waals surface area contributed by atoms with Gasteiger partial charge in [0.15, 0.2) is 11.5 Å². The van der Waals surface area contributed by atoms with Gasteiger partial charge < -0.3 is 14.4 Å². The molecule has 0 N–H and O–H groups in total. The van der Waals surface area contributed by atoms with Gasteiger partial charge in [0.1, 0.15) is 0 Å². The largest absolute Gasteiger partial charge is 0.493 e. The van der Waals surface area contributed by atoms with E-state index in [2.05, 4.69) is 29.2 Å². The summed E-state index contributed by atoms with van der Waals surface area (Å²) in [6, 6.07) is 15.1. The summed E-state index contributed by atoms with van der Waals surface area (Å²) < 4.78 is 11.3. The number of hydrogen-bond donors (Lipinski definition) is 0. The topological polar surface area (TPSA) is 38.8 Å². The van der Waals surface area contributed by atoms with E-state index in [0.29, 0.717) is 28.2 Å². The number of benzene rings is 2. The Labute approximate surface area is 189 Å². The molecule has 0 bridgehead atoms. The van der Waals surface area contributed by atoms with E-state index in [0.717, 1.165) is 18.7 Å². The summed E-state index contributed by atoms with van der Waals surface area (Å²) in [7, 11) is 1.63. The fourth-order valence-electron chi connectivity index (χ4n) is 4.42. The highest BCUT2D eigenvalue weighted by atomic mass is 32.2. The number of esters is 1. The zero-order valence-electron chi connectivity index (χ0n) is 18.2. The molecule has 2 aromatic rings. The van der Waals surface area contributed by atoms with Gasteiger partial charge in [-0.2, -0.15) is 0 Å². The summed E-state index contributed by atoms with van der Waals surface area (Å²) in [5, 5.41) is 0.479. The maximum atomic E-state index is 12.5. The van der Waals surface area contributed by atoms with Gasteiger partial charge >= 0.3 is 5.97 Å². The Kier molecular flexibility index (Phi) is 7.71. The minimum Gasteiger partial charge on any atom is -0.493 e. The number of methoxy groups -OCH3 is 1. The van der Waals surface area contributed by atoms with Crippen molar-refractivity contribution in [2.45, 2.75) is 36.9 Å². The lowest BCUT2D eigenvalue weighted by molar-refractivity contribution is 0.0729. The minimum absolute atomic E-state index is 0.373. The van der Waals surface area contributed by atoms with Crippen LogP contribution in [0.5, 0.6) is 11.5 Å². The predicted octanol–water partition coefficient (Wildman–Crippen LogP) is 5.55. The fourth-order valence-corrected chi connectivity index (χ4v) is 5.61. The zero-order valence-corrected chi connectivity index (χ0v) is 19.0. The second-order valence-corrected chi connectivity index (χ2v) is 9.40. The van der Waals surface area contributed by atoms with Crippen molar-refractivity contribution in [3.05, 3.63) is 71.8 Å². The van der Waals surface area contributed by atoms with E-state index in [1.165, 1.54) is 37.9 Å². The van der Waals surface area contributed by atoms with Crippen LogP contribution in [0.25, 0.3) is 0 Å². The van der Waals surface area contributed by atoms with Crippen molar-refractivity contribution in [1.29, 1.82) is 0 Å². The third kappa shape index (κ3) is 5.72. The zero-order chi connectivity index (χ0) is 21.5. The first-order chi connectivity index (χ1) is 15.2. The van der Waals surface area contributed by atoms with E-state index in [1.807, 2.05) is 36.0 Å². The Balaban J connectivity index is 1.51. The number of carbonyl (C=O) groups excluding carboxylic acids is 1. The molecule has 164 valence electrons. The number of hydrogen-bond acceptors (Lipinski definition) is 5. The van der Waals surface area contributed by atoms with Crippen LogP contribution in [0.1, 0.15) is 47.5 Å². The smallest absolute Gasteiger partial charge is 0.343 e. The van der Waals surface area contributed by atoms with Crippen LogP contribution in [0.2, 0.25) is 0 Å². The average Bonchev–Trinajstić information content (AvgIpc) is 3.36. The SMILES string of the molecule is COc1cc(C(CCN2CCCCC2)C2C=CCS2)ccc1OC(=O)c1ccccc1. The number of piperidine rings is 1. The predicted molar refractivity (Wildman–Crippen MR) is 127 cm³/mol. The highest BCUT2D eigenvalue weighted by molar-refractivity contribution is 8.00. The maximum Gasteiger partial charge on any atom is 0.343 e. The van der Waals surface area contributed by atoms with Crippen LogP contribution in [0.4, 0.5) is 0 Å². The molecule has 31 heavy (non-hydrogen) atoms. The lowest BCUT2D eigenvalue weighted by atomic mass is 9.91. The molecule has 1 saturated heterocycles. The molecule has 1 fully saturated rings. The van der Waals surface area contributed by atoms with Gasteiger partial charge in [-0.25, -0.2) is 4.79 Å². The van der Waals surface area contributed by atoms with Crippen molar-refractivity contribution in [3.63, 3.8) is 0 Å². The first-order valence-electron chi connectivity index (χ1n) is 11.2. The Morgan fingerprint density at radius 1 is 1.10 bits per heavy atom. The molecule has 4 nitrogen and oxygen atoms in total. The van der Waals surface area contributed by atoms with Crippen molar-refractivity contribution < 1.29 is 14.3 Å². The van der Waals surface area contributed by atoms with Crippen molar-refractivity contribution in [3.8, 4) is 11.5 Å². The van der Waals surface area contributed by atoms with Gasteiger partial charge in [0.05, 0.1) is 12.7 Å². The van der Waals surface area contributed by atoms with Crippen LogP contribution in [0.15, 0.2) is 60.7 Å². The van der Waals surface area contributed by atoms with Crippen LogP contribution in [-0.2, 0) is 0 Å². The first-order valence-corrected chi connectivity index (χ1v) is 12.3. The molecular weight excluding hydrogens is 406 g/mol. The molecule has 2 heterocycles. The molecule has 4 rings (SSSR count). The van der Waals surface area contributed by atoms with Gasteiger partial charge in [-0.05, 0) is 68.7 Å². The van der Waals surface area contributed by atoms with Crippen molar-refractivity contribution in [1.82, 2.24) is 4.90 Å². The normalized spacial score (nSPS) is 19.8. The van der Waals surface area contributed by atoms with Crippen LogP contribution in [-0.4, -0.2) is 48.6 Å². The van der Waals surface area contributed by atoms with E-state index in [-0.39, 0.29) is 5.97 Å². The number of ether oxygens (including phenoxy) is 2. The molecule has 5 heteroatoms. The summed E-state index contributed by atoms with van der Waals surface area (Å²) in [4.78, 5) is 15.1. The molecular formula is C26H31NO3S. The van der Waals surface area contributed by atoms with Crippen LogP contribution in [0.3, 0.4) is 0 Å². The highest BCUT2D eigenvalue weighted by Gasteiger charge is 2.26. The Hall–Kier alpha value is -2.24. The molecule has 0 aromatic heterocycles. The number of rotatable bonds is 8. The lowest BCUT2D eigenvalue weighted by Gasteiger charge is -2.30.